The van der Waals surface area contributed by atoms with Crippen LogP contribution in [0.2, 0.25) is 0 Å². The summed E-state index contributed by atoms with van der Waals surface area (Å²) in [6.45, 7) is 3.22. The van der Waals surface area contributed by atoms with E-state index in [1.54, 1.807) is 7.11 Å². The van der Waals surface area contributed by atoms with Crippen molar-refractivity contribution in [2.24, 2.45) is 7.05 Å². The first-order valence-corrected chi connectivity index (χ1v) is 10.9. The molecule has 0 radical (unpaired) electrons. The summed E-state index contributed by atoms with van der Waals surface area (Å²) in [7, 11) is 3.72. The minimum Gasteiger partial charge on any atom is -0.497 e. The third-order valence-corrected chi connectivity index (χ3v) is 6.01. The summed E-state index contributed by atoms with van der Waals surface area (Å²) in [5, 5.41) is 2.35. The molecule has 7 heteroatoms. The number of fused-ring (bicyclic) bond motifs is 1. The van der Waals surface area contributed by atoms with Gasteiger partial charge in [-0.05, 0) is 42.1 Å². The zero-order chi connectivity index (χ0) is 21.9. The maximum atomic E-state index is 5.58. The first-order chi connectivity index (χ1) is 15.7. The summed E-state index contributed by atoms with van der Waals surface area (Å²) in [5.41, 5.74) is 4.39. The van der Waals surface area contributed by atoms with E-state index >= 15 is 0 Å². The van der Waals surface area contributed by atoms with Crippen molar-refractivity contribution in [3.63, 3.8) is 0 Å². The Morgan fingerprint density at radius 1 is 1.06 bits per heavy atom. The summed E-state index contributed by atoms with van der Waals surface area (Å²) in [6.07, 6.45) is 7.21. The van der Waals surface area contributed by atoms with Gasteiger partial charge in [-0.2, -0.15) is 0 Å². The van der Waals surface area contributed by atoms with Crippen molar-refractivity contribution in [1.82, 2.24) is 19.5 Å². The summed E-state index contributed by atoms with van der Waals surface area (Å²) in [6, 6.07) is 12.7. The lowest BCUT2D eigenvalue weighted by molar-refractivity contribution is 0.123. The van der Waals surface area contributed by atoms with Gasteiger partial charge in [-0.1, -0.05) is 6.07 Å². The second kappa shape index (κ2) is 8.96. The van der Waals surface area contributed by atoms with E-state index in [1.165, 1.54) is 22.2 Å². The Balaban J connectivity index is 1.51. The van der Waals surface area contributed by atoms with Crippen LogP contribution in [0.1, 0.15) is 11.5 Å². The molecule has 0 N–H and O–H groups in total. The smallest absolute Gasteiger partial charge is 0.129 e. The lowest BCUT2D eigenvalue weighted by atomic mass is 10.0. The minimum absolute atomic E-state index is 0.737. The predicted octanol–water partition coefficient (Wildman–Crippen LogP) is 3.66. The third-order valence-electron chi connectivity index (χ3n) is 6.01. The number of rotatable bonds is 6. The van der Waals surface area contributed by atoms with E-state index in [4.69, 9.17) is 14.5 Å². The van der Waals surface area contributed by atoms with Crippen LogP contribution in [0.4, 0.5) is 5.69 Å². The molecule has 0 aliphatic carbocycles. The zero-order valence-corrected chi connectivity index (χ0v) is 18.5. The second-order valence-corrected chi connectivity index (χ2v) is 8.04. The second-order valence-electron chi connectivity index (χ2n) is 8.04. The van der Waals surface area contributed by atoms with Crippen molar-refractivity contribution in [1.29, 1.82) is 0 Å². The zero-order valence-electron chi connectivity index (χ0n) is 18.5. The molecule has 0 spiro atoms. The fourth-order valence-electron chi connectivity index (χ4n) is 4.20. The Bertz CT molecular complexity index is 1230. The lowest BCUT2D eigenvalue weighted by Crippen LogP contribution is -2.36. The molecule has 2 aromatic carbocycles. The van der Waals surface area contributed by atoms with Crippen LogP contribution in [0.25, 0.3) is 22.0 Å². The first-order valence-electron chi connectivity index (χ1n) is 10.9. The molecule has 0 unspecified atom stereocenters. The van der Waals surface area contributed by atoms with Gasteiger partial charge in [0.2, 0.25) is 0 Å². The molecule has 5 rings (SSSR count). The molecular weight excluding hydrogens is 402 g/mol. The molecule has 4 aromatic rings. The molecule has 0 bridgehead atoms. The summed E-state index contributed by atoms with van der Waals surface area (Å²) >= 11 is 0. The van der Waals surface area contributed by atoms with Gasteiger partial charge in [0.25, 0.3) is 0 Å². The third kappa shape index (κ3) is 4.16. The van der Waals surface area contributed by atoms with Crippen molar-refractivity contribution in [2.75, 3.05) is 38.3 Å². The van der Waals surface area contributed by atoms with Gasteiger partial charge in [0.1, 0.15) is 11.6 Å². The van der Waals surface area contributed by atoms with Gasteiger partial charge in [0, 0.05) is 61.3 Å². The SMILES string of the molecule is COc1ccc2cc(-c3ccnc(CCc4cncn4C)n3)cc(N3CCOCC3)c2c1. The molecule has 2 aromatic heterocycles. The Labute approximate surface area is 187 Å². The molecule has 32 heavy (non-hydrogen) atoms. The first kappa shape index (κ1) is 20.5. The Morgan fingerprint density at radius 2 is 1.94 bits per heavy atom. The van der Waals surface area contributed by atoms with E-state index in [2.05, 4.69) is 39.1 Å². The Morgan fingerprint density at radius 3 is 2.72 bits per heavy atom. The molecule has 0 amide bonds. The average Bonchev–Trinajstić information content (AvgIpc) is 3.27. The van der Waals surface area contributed by atoms with Crippen LogP contribution in [-0.2, 0) is 24.6 Å². The van der Waals surface area contributed by atoms with Gasteiger partial charge >= 0.3 is 0 Å². The van der Waals surface area contributed by atoms with Crippen molar-refractivity contribution in [3.05, 3.63) is 66.6 Å². The van der Waals surface area contributed by atoms with Gasteiger partial charge in [-0.15, -0.1) is 0 Å². The van der Waals surface area contributed by atoms with Gasteiger partial charge in [-0.25, -0.2) is 15.0 Å². The Kier molecular flexibility index (Phi) is 5.73. The average molecular weight is 430 g/mol. The molecule has 1 saturated heterocycles. The number of aryl methyl sites for hydroxylation is 3. The highest BCUT2D eigenvalue weighted by molar-refractivity contribution is 5.98. The van der Waals surface area contributed by atoms with Crippen LogP contribution in [-0.4, -0.2) is 52.9 Å². The number of morpholine rings is 1. The largest absolute Gasteiger partial charge is 0.497 e. The monoisotopic (exact) mass is 429 g/mol. The fourth-order valence-corrected chi connectivity index (χ4v) is 4.20. The topological polar surface area (TPSA) is 65.3 Å². The van der Waals surface area contributed by atoms with Crippen molar-refractivity contribution in [3.8, 4) is 17.0 Å². The number of hydrogen-bond donors (Lipinski definition) is 0. The summed E-state index contributed by atoms with van der Waals surface area (Å²) in [5.74, 6) is 1.70. The quantitative estimate of drug-likeness (QED) is 0.466. The standard InChI is InChI=1S/C25H27N5O2/c1-29-17-26-16-20(29)4-6-25-27-8-7-23(28-25)19-13-18-3-5-21(31-2)15-22(18)24(14-19)30-9-11-32-12-10-30/h3,5,7-8,13-17H,4,6,9-12H2,1-2H3. The van der Waals surface area contributed by atoms with Crippen LogP contribution in [0.5, 0.6) is 5.75 Å². The van der Waals surface area contributed by atoms with E-state index in [9.17, 15) is 0 Å². The van der Waals surface area contributed by atoms with E-state index in [1.807, 2.05) is 42.5 Å². The maximum Gasteiger partial charge on any atom is 0.129 e. The van der Waals surface area contributed by atoms with Crippen molar-refractivity contribution >= 4 is 16.5 Å². The highest BCUT2D eigenvalue weighted by Crippen LogP contribution is 2.35. The van der Waals surface area contributed by atoms with Gasteiger partial charge in [0.05, 0.1) is 32.3 Å². The van der Waals surface area contributed by atoms with E-state index < -0.39 is 0 Å². The predicted molar refractivity (Wildman–Crippen MR) is 125 cm³/mol. The van der Waals surface area contributed by atoms with Gasteiger partial charge < -0.3 is 18.9 Å². The number of methoxy groups -OCH3 is 1. The molecule has 1 aliphatic heterocycles. The summed E-state index contributed by atoms with van der Waals surface area (Å²) < 4.78 is 13.1. The van der Waals surface area contributed by atoms with Gasteiger partial charge in [-0.3, -0.25) is 0 Å². The normalized spacial score (nSPS) is 14.1. The number of hydrogen-bond acceptors (Lipinski definition) is 6. The van der Waals surface area contributed by atoms with E-state index in [0.29, 0.717) is 0 Å². The number of nitrogens with zero attached hydrogens (tertiary/aromatic N) is 5. The molecule has 1 aliphatic rings. The van der Waals surface area contributed by atoms with Gasteiger partial charge in [0.15, 0.2) is 0 Å². The molecule has 7 nitrogen and oxygen atoms in total. The summed E-state index contributed by atoms with van der Waals surface area (Å²) in [4.78, 5) is 16.0. The van der Waals surface area contributed by atoms with Crippen LogP contribution >= 0.6 is 0 Å². The highest BCUT2D eigenvalue weighted by Gasteiger charge is 2.17. The van der Waals surface area contributed by atoms with Crippen LogP contribution in [0.15, 0.2) is 55.1 Å². The van der Waals surface area contributed by atoms with E-state index in [-0.39, 0.29) is 0 Å². The van der Waals surface area contributed by atoms with Crippen LogP contribution in [0, 0.1) is 0 Å². The molecule has 1 fully saturated rings. The van der Waals surface area contributed by atoms with Crippen LogP contribution in [0.3, 0.4) is 0 Å². The number of benzene rings is 2. The lowest BCUT2D eigenvalue weighted by Gasteiger charge is -2.30. The van der Waals surface area contributed by atoms with Crippen LogP contribution < -0.4 is 9.64 Å². The number of aromatic nitrogens is 4. The number of anilines is 1. The number of ether oxygens (including phenoxy) is 2. The molecule has 0 atom stereocenters. The molecular formula is C25H27N5O2. The molecule has 3 heterocycles. The Hall–Kier alpha value is -3.45. The highest BCUT2D eigenvalue weighted by atomic mass is 16.5. The van der Waals surface area contributed by atoms with E-state index in [0.717, 1.165) is 62.0 Å². The molecule has 0 saturated carbocycles. The van der Waals surface area contributed by atoms with Crippen molar-refractivity contribution < 1.29 is 9.47 Å². The number of imidazole rings is 1. The fraction of sp³-hybridized carbons (Fsp3) is 0.320. The molecule has 164 valence electrons. The van der Waals surface area contributed by atoms with Crippen molar-refractivity contribution in [2.45, 2.75) is 12.8 Å². The minimum atomic E-state index is 0.737. The maximum absolute atomic E-state index is 5.58.